The smallest absolute Gasteiger partial charge is 0.307 e. The van der Waals surface area contributed by atoms with Crippen LogP contribution in [0.1, 0.15) is 17.9 Å². The van der Waals surface area contributed by atoms with Crippen molar-refractivity contribution in [2.24, 2.45) is 5.92 Å². The highest BCUT2D eigenvalue weighted by molar-refractivity contribution is 9.10. The number of halogens is 2. The molecule has 15 heavy (non-hydrogen) atoms. The van der Waals surface area contributed by atoms with Gasteiger partial charge in [0.2, 0.25) is 0 Å². The molecular formula is C10H8BrFO3. The second-order valence-electron chi connectivity index (χ2n) is 3.61. The van der Waals surface area contributed by atoms with Crippen LogP contribution < -0.4 is 0 Å². The van der Waals surface area contributed by atoms with Crippen LogP contribution in [0.4, 0.5) is 4.39 Å². The van der Waals surface area contributed by atoms with Crippen molar-refractivity contribution in [2.45, 2.75) is 12.3 Å². The van der Waals surface area contributed by atoms with E-state index in [-0.39, 0.29) is 5.92 Å². The van der Waals surface area contributed by atoms with Crippen molar-refractivity contribution in [2.75, 3.05) is 0 Å². The number of carboxylic acids is 1. The number of hydrogen-bond acceptors (Lipinski definition) is 2. The Morgan fingerprint density at radius 1 is 1.53 bits per heavy atom. The van der Waals surface area contributed by atoms with Crippen molar-refractivity contribution < 1.29 is 19.4 Å². The predicted molar refractivity (Wildman–Crippen MR) is 54.2 cm³/mol. The van der Waals surface area contributed by atoms with Crippen LogP contribution in [0.15, 0.2) is 16.6 Å². The zero-order valence-corrected chi connectivity index (χ0v) is 9.16. The highest BCUT2D eigenvalue weighted by Crippen LogP contribution is 2.51. The number of carbonyl (C=O) groups is 1. The molecule has 0 aromatic heterocycles. The normalized spacial score (nSPS) is 23.9. The van der Waals surface area contributed by atoms with E-state index in [4.69, 9.17) is 5.11 Å². The maximum absolute atomic E-state index is 13.1. The standard InChI is InChI=1S/C10H8BrFO3/c11-4-1-6(9(13)8(12)2-4)5-3-7(5)10(14)15/h1-2,5,7,13H,3H2,(H,14,15). The molecule has 0 radical (unpaired) electrons. The van der Waals surface area contributed by atoms with Gasteiger partial charge >= 0.3 is 5.97 Å². The Morgan fingerprint density at radius 2 is 2.20 bits per heavy atom. The molecule has 1 fully saturated rings. The Hall–Kier alpha value is -1.10. The number of phenolic OH excluding ortho intramolecular Hbond substituents is 1. The molecule has 2 rings (SSSR count). The quantitative estimate of drug-likeness (QED) is 0.871. The van der Waals surface area contributed by atoms with Gasteiger partial charge in [-0.05, 0) is 18.6 Å². The van der Waals surface area contributed by atoms with Crippen LogP contribution in [0.5, 0.6) is 5.75 Å². The molecule has 0 spiro atoms. The van der Waals surface area contributed by atoms with E-state index in [0.29, 0.717) is 16.5 Å². The summed E-state index contributed by atoms with van der Waals surface area (Å²) in [6.45, 7) is 0. The Bertz CT molecular complexity index is 433. The lowest BCUT2D eigenvalue weighted by atomic mass is 10.1. The van der Waals surface area contributed by atoms with E-state index in [9.17, 15) is 14.3 Å². The fourth-order valence-electron chi connectivity index (χ4n) is 1.68. The van der Waals surface area contributed by atoms with E-state index in [0.717, 1.165) is 6.07 Å². The summed E-state index contributed by atoms with van der Waals surface area (Å²) in [5.74, 6) is -2.83. The van der Waals surface area contributed by atoms with E-state index in [2.05, 4.69) is 15.9 Å². The molecule has 1 aliphatic carbocycles. The number of rotatable bonds is 2. The van der Waals surface area contributed by atoms with E-state index in [1.165, 1.54) is 0 Å². The molecule has 1 aromatic carbocycles. The zero-order valence-electron chi connectivity index (χ0n) is 7.58. The molecule has 2 atom stereocenters. The summed E-state index contributed by atoms with van der Waals surface area (Å²) in [7, 11) is 0. The first-order valence-corrected chi connectivity index (χ1v) is 5.20. The first-order chi connectivity index (χ1) is 7.00. The molecule has 1 aliphatic rings. The van der Waals surface area contributed by atoms with E-state index in [1.54, 1.807) is 6.07 Å². The second-order valence-corrected chi connectivity index (χ2v) is 4.53. The van der Waals surface area contributed by atoms with Gasteiger partial charge in [0.1, 0.15) is 0 Å². The third-order valence-corrected chi connectivity index (χ3v) is 3.02. The molecule has 0 heterocycles. The average Bonchev–Trinajstić information content (AvgIpc) is 2.90. The highest BCUT2D eigenvalue weighted by atomic mass is 79.9. The molecule has 3 nitrogen and oxygen atoms in total. The van der Waals surface area contributed by atoms with Crippen LogP contribution in [0.25, 0.3) is 0 Å². The van der Waals surface area contributed by atoms with Crippen molar-refractivity contribution >= 4 is 21.9 Å². The van der Waals surface area contributed by atoms with Gasteiger partial charge in [-0.1, -0.05) is 15.9 Å². The number of aromatic hydroxyl groups is 1. The molecule has 0 aliphatic heterocycles. The van der Waals surface area contributed by atoms with Gasteiger partial charge in [-0.2, -0.15) is 0 Å². The molecule has 0 saturated heterocycles. The largest absolute Gasteiger partial charge is 0.505 e. The Labute approximate surface area is 93.7 Å². The minimum absolute atomic E-state index is 0.269. The number of hydrogen-bond donors (Lipinski definition) is 2. The van der Waals surface area contributed by atoms with Crippen LogP contribution in [-0.2, 0) is 4.79 Å². The zero-order chi connectivity index (χ0) is 11.2. The summed E-state index contributed by atoms with van der Waals surface area (Å²) in [6, 6.07) is 2.71. The third-order valence-electron chi connectivity index (χ3n) is 2.56. The molecule has 2 N–H and O–H groups in total. The van der Waals surface area contributed by atoms with E-state index < -0.39 is 23.5 Å². The Balaban J connectivity index is 2.34. The van der Waals surface area contributed by atoms with Gasteiger partial charge in [0, 0.05) is 16.0 Å². The fraction of sp³-hybridized carbons (Fsp3) is 0.300. The number of carboxylic acid groups (broad SMARTS) is 1. The first kappa shape index (κ1) is 10.4. The summed E-state index contributed by atoms with van der Waals surface area (Å²) in [5.41, 5.74) is 0.370. The minimum atomic E-state index is -0.903. The van der Waals surface area contributed by atoms with Crippen LogP contribution in [0, 0.1) is 11.7 Å². The van der Waals surface area contributed by atoms with Crippen molar-refractivity contribution in [3.63, 3.8) is 0 Å². The van der Waals surface area contributed by atoms with Gasteiger partial charge in [0.15, 0.2) is 11.6 Å². The maximum atomic E-state index is 13.1. The lowest BCUT2D eigenvalue weighted by molar-refractivity contribution is -0.138. The van der Waals surface area contributed by atoms with Crippen LogP contribution in [-0.4, -0.2) is 16.2 Å². The average molecular weight is 275 g/mol. The summed E-state index contributed by atoms with van der Waals surface area (Å²) in [4.78, 5) is 10.6. The van der Waals surface area contributed by atoms with Gasteiger partial charge in [-0.25, -0.2) is 4.39 Å². The van der Waals surface area contributed by atoms with Crippen molar-refractivity contribution in [1.82, 2.24) is 0 Å². The number of phenols is 1. The molecule has 1 aromatic rings. The summed E-state index contributed by atoms with van der Waals surface area (Å²) in [6.07, 6.45) is 0.457. The first-order valence-electron chi connectivity index (χ1n) is 4.41. The van der Waals surface area contributed by atoms with Crippen LogP contribution in [0.3, 0.4) is 0 Å². The highest BCUT2D eigenvalue weighted by Gasteiger charge is 2.45. The molecule has 5 heteroatoms. The van der Waals surface area contributed by atoms with Gasteiger partial charge in [0.25, 0.3) is 0 Å². The van der Waals surface area contributed by atoms with Gasteiger partial charge in [-0.15, -0.1) is 0 Å². The van der Waals surface area contributed by atoms with Gasteiger partial charge in [0.05, 0.1) is 5.92 Å². The van der Waals surface area contributed by atoms with E-state index in [1.807, 2.05) is 0 Å². The lowest BCUT2D eigenvalue weighted by Gasteiger charge is -2.04. The summed E-state index contributed by atoms with van der Waals surface area (Å²) < 4.78 is 13.6. The van der Waals surface area contributed by atoms with Crippen molar-refractivity contribution in [1.29, 1.82) is 0 Å². The molecule has 2 unspecified atom stereocenters. The minimum Gasteiger partial charge on any atom is -0.505 e. The predicted octanol–water partition coefficient (Wildman–Crippen LogP) is 2.48. The molecule has 80 valence electrons. The van der Waals surface area contributed by atoms with E-state index >= 15 is 0 Å². The van der Waals surface area contributed by atoms with Crippen molar-refractivity contribution in [3.8, 4) is 5.75 Å². The van der Waals surface area contributed by atoms with Gasteiger partial charge < -0.3 is 10.2 Å². The van der Waals surface area contributed by atoms with Crippen molar-refractivity contribution in [3.05, 3.63) is 28.0 Å². The van der Waals surface area contributed by atoms with Crippen LogP contribution in [0.2, 0.25) is 0 Å². The van der Waals surface area contributed by atoms with Crippen LogP contribution >= 0.6 is 15.9 Å². The van der Waals surface area contributed by atoms with Gasteiger partial charge in [-0.3, -0.25) is 4.79 Å². The number of benzene rings is 1. The monoisotopic (exact) mass is 274 g/mol. The molecule has 0 bridgehead atoms. The summed E-state index contributed by atoms with van der Waals surface area (Å²) in [5, 5.41) is 18.2. The maximum Gasteiger partial charge on any atom is 0.307 e. The second kappa shape index (κ2) is 3.48. The Kier molecular flexibility index (Phi) is 2.42. The summed E-state index contributed by atoms with van der Waals surface area (Å²) >= 11 is 3.10. The SMILES string of the molecule is O=C(O)C1CC1c1cc(Br)cc(F)c1O. The third kappa shape index (κ3) is 1.84. The Morgan fingerprint density at radius 3 is 2.73 bits per heavy atom. The molecule has 0 amide bonds. The fourth-order valence-corrected chi connectivity index (χ4v) is 2.13. The molecular weight excluding hydrogens is 267 g/mol. The number of aliphatic carboxylic acids is 1. The molecule has 1 saturated carbocycles. The lowest BCUT2D eigenvalue weighted by Crippen LogP contribution is -1.99. The topological polar surface area (TPSA) is 57.5 Å².